The summed E-state index contributed by atoms with van der Waals surface area (Å²) in [7, 11) is 1.61. The number of hydrogen-bond donors (Lipinski definition) is 1. The molecule has 0 spiro atoms. The normalized spacial score (nSPS) is 19.8. The fourth-order valence-electron chi connectivity index (χ4n) is 4.86. The van der Waals surface area contributed by atoms with Gasteiger partial charge in [-0.3, -0.25) is 4.79 Å². The second-order valence-corrected chi connectivity index (χ2v) is 8.64. The molecule has 0 saturated heterocycles. The van der Waals surface area contributed by atoms with E-state index < -0.39 is 17.7 Å². The van der Waals surface area contributed by atoms with Crippen LogP contribution < -0.4 is 10.1 Å². The number of benzene rings is 2. The van der Waals surface area contributed by atoms with Crippen LogP contribution in [0.5, 0.6) is 5.75 Å². The second kappa shape index (κ2) is 10.9. The number of allylic oxidation sites excluding steroid dienone is 3. The highest BCUT2D eigenvalue weighted by Crippen LogP contribution is 2.46. The highest BCUT2D eigenvalue weighted by atomic mass is 19.1. The van der Waals surface area contributed by atoms with Gasteiger partial charge in [0.05, 0.1) is 25.2 Å². The highest BCUT2D eigenvalue weighted by Gasteiger charge is 2.42. The Kier molecular flexibility index (Phi) is 7.66. The zero-order valence-corrected chi connectivity index (χ0v) is 20.2. The molecule has 1 aliphatic carbocycles. The van der Waals surface area contributed by atoms with E-state index >= 15 is 4.39 Å². The quantitative estimate of drug-likeness (QED) is 0.434. The van der Waals surface area contributed by atoms with Gasteiger partial charge in [-0.05, 0) is 49.9 Å². The summed E-state index contributed by atoms with van der Waals surface area (Å²) in [6.45, 7) is 4.47. The van der Waals surface area contributed by atoms with Crippen LogP contribution in [0.3, 0.4) is 0 Å². The molecule has 0 amide bonds. The number of ether oxygens (including phenoxy) is 3. The number of nitrogens with one attached hydrogen (secondary N) is 1. The summed E-state index contributed by atoms with van der Waals surface area (Å²) in [4.78, 5) is 26.7. The van der Waals surface area contributed by atoms with Gasteiger partial charge >= 0.3 is 5.97 Å². The van der Waals surface area contributed by atoms with Crippen LogP contribution >= 0.6 is 0 Å². The minimum Gasteiger partial charge on any atom is -0.497 e. The van der Waals surface area contributed by atoms with E-state index in [4.69, 9.17) is 14.2 Å². The molecule has 0 fully saturated rings. The number of halogens is 1. The largest absolute Gasteiger partial charge is 0.497 e. The van der Waals surface area contributed by atoms with Crippen molar-refractivity contribution in [2.24, 2.45) is 0 Å². The van der Waals surface area contributed by atoms with Crippen LogP contribution in [-0.4, -0.2) is 38.7 Å². The Morgan fingerprint density at radius 3 is 2.51 bits per heavy atom. The van der Waals surface area contributed by atoms with E-state index in [-0.39, 0.29) is 42.5 Å². The number of carbonyl (C=O) groups is 2. The molecular weight excluding hydrogens is 449 g/mol. The smallest absolute Gasteiger partial charge is 0.336 e. The molecule has 2 aliphatic rings. The first kappa shape index (κ1) is 24.7. The monoisotopic (exact) mass is 479 g/mol. The van der Waals surface area contributed by atoms with Gasteiger partial charge in [0.2, 0.25) is 0 Å². The first-order valence-electron chi connectivity index (χ1n) is 11.8. The molecule has 1 N–H and O–H groups in total. The van der Waals surface area contributed by atoms with Crippen molar-refractivity contribution in [1.82, 2.24) is 5.32 Å². The van der Waals surface area contributed by atoms with Gasteiger partial charge in [-0.25, -0.2) is 9.18 Å². The van der Waals surface area contributed by atoms with Crippen LogP contribution in [0.4, 0.5) is 4.39 Å². The minimum atomic E-state index is -0.837. The van der Waals surface area contributed by atoms with E-state index in [1.54, 1.807) is 32.2 Å². The molecule has 7 heteroatoms. The number of hydrogen-bond acceptors (Lipinski definition) is 6. The summed E-state index contributed by atoms with van der Waals surface area (Å²) in [5.74, 6) is -1.29. The molecular formula is C28H30FNO5. The number of carbonyl (C=O) groups excluding carboxylic acids is 2. The van der Waals surface area contributed by atoms with Crippen LogP contribution in [-0.2, 0) is 19.1 Å². The second-order valence-electron chi connectivity index (χ2n) is 8.64. The third-order valence-corrected chi connectivity index (χ3v) is 6.52. The predicted octanol–water partition coefficient (Wildman–Crippen LogP) is 4.78. The number of Topliss-reactive ketones (excluding diaryl/α,β-unsaturated/α-hetero) is 1. The Morgan fingerprint density at radius 2 is 1.83 bits per heavy atom. The van der Waals surface area contributed by atoms with Crippen molar-refractivity contribution in [2.75, 3.05) is 26.9 Å². The number of ketones is 1. The van der Waals surface area contributed by atoms with E-state index in [1.165, 1.54) is 6.07 Å². The van der Waals surface area contributed by atoms with Gasteiger partial charge in [0.25, 0.3) is 0 Å². The van der Waals surface area contributed by atoms with Crippen LogP contribution in [0.1, 0.15) is 49.7 Å². The zero-order chi connectivity index (χ0) is 24.9. The van der Waals surface area contributed by atoms with Gasteiger partial charge < -0.3 is 19.5 Å². The van der Waals surface area contributed by atoms with Crippen molar-refractivity contribution in [3.05, 3.63) is 88.0 Å². The molecule has 184 valence electrons. The van der Waals surface area contributed by atoms with E-state index in [9.17, 15) is 9.59 Å². The van der Waals surface area contributed by atoms with Crippen molar-refractivity contribution in [1.29, 1.82) is 0 Å². The van der Waals surface area contributed by atoms with Crippen molar-refractivity contribution in [3.8, 4) is 5.75 Å². The van der Waals surface area contributed by atoms with Crippen LogP contribution in [0.25, 0.3) is 0 Å². The molecule has 0 bridgehead atoms. The van der Waals surface area contributed by atoms with Gasteiger partial charge in [0.1, 0.15) is 18.2 Å². The third-order valence-electron chi connectivity index (χ3n) is 6.52. The maximum atomic E-state index is 15.0. The molecule has 0 unspecified atom stereocenters. The molecule has 6 nitrogen and oxygen atoms in total. The zero-order valence-electron chi connectivity index (χ0n) is 20.2. The van der Waals surface area contributed by atoms with Gasteiger partial charge in [0.15, 0.2) is 5.78 Å². The maximum absolute atomic E-state index is 15.0. The van der Waals surface area contributed by atoms with E-state index in [0.717, 1.165) is 17.0 Å². The van der Waals surface area contributed by atoms with Crippen molar-refractivity contribution < 1.29 is 28.2 Å². The van der Waals surface area contributed by atoms with E-state index in [0.29, 0.717) is 24.3 Å². The molecule has 35 heavy (non-hydrogen) atoms. The van der Waals surface area contributed by atoms with Gasteiger partial charge in [-0.2, -0.15) is 0 Å². The lowest BCUT2D eigenvalue weighted by molar-refractivity contribution is -0.140. The standard InChI is InChI=1S/C28H30FNO5/c1-4-34-13-14-35-28(32)25-17(2)30-23-15-19(18-9-11-20(33-3)12-10-18)16-24(31)27(23)26(25)21-7-5-6-8-22(21)29/h5-12,19,26,30H,4,13-16H2,1-3H3/t19-,26-/m1/s1. The maximum Gasteiger partial charge on any atom is 0.336 e. The number of rotatable bonds is 8. The summed E-state index contributed by atoms with van der Waals surface area (Å²) in [5, 5.41) is 3.28. The molecule has 0 aromatic heterocycles. The van der Waals surface area contributed by atoms with Crippen molar-refractivity contribution in [3.63, 3.8) is 0 Å². The molecule has 2 aromatic carbocycles. The van der Waals surface area contributed by atoms with E-state index in [2.05, 4.69) is 5.32 Å². The predicted molar refractivity (Wildman–Crippen MR) is 129 cm³/mol. The molecule has 1 aliphatic heterocycles. The van der Waals surface area contributed by atoms with Crippen molar-refractivity contribution in [2.45, 2.75) is 38.5 Å². The first-order valence-corrected chi connectivity index (χ1v) is 11.8. The van der Waals surface area contributed by atoms with Crippen LogP contribution in [0, 0.1) is 5.82 Å². The minimum absolute atomic E-state index is 0.0339. The van der Waals surface area contributed by atoms with Gasteiger partial charge in [-0.15, -0.1) is 0 Å². The Bertz CT molecular complexity index is 1170. The lowest BCUT2D eigenvalue weighted by Crippen LogP contribution is -2.36. The highest BCUT2D eigenvalue weighted by molar-refractivity contribution is 6.04. The molecule has 4 rings (SSSR count). The van der Waals surface area contributed by atoms with Crippen LogP contribution in [0.15, 0.2) is 71.1 Å². The Hall–Kier alpha value is -3.45. The molecule has 2 aromatic rings. The Morgan fingerprint density at radius 1 is 1.09 bits per heavy atom. The number of methoxy groups -OCH3 is 1. The molecule has 0 radical (unpaired) electrons. The fourth-order valence-corrected chi connectivity index (χ4v) is 4.86. The lowest BCUT2D eigenvalue weighted by atomic mass is 9.71. The topological polar surface area (TPSA) is 73.9 Å². The number of esters is 1. The average molecular weight is 480 g/mol. The Labute approximate surface area is 204 Å². The first-order chi connectivity index (χ1) is 16.9. The SMILES string of the molecule is CCOCCOC(=O)C1=C(C)NC2=C(C(=O)C[C@H](c3ccc(OC)cc3)C2)[C@@H]1c1ccccc1F. The number of dihydropyridines is 1. The summed E-state index contributed by atoms with van der Waals surface area (Å²) < 4.78 is 31.0. The average Bonchev–Trinajstić information content (AvgIpc) is 2.86. The molecule has 2 atom stereocenters. The summed E-state index contributed by atoms with van der Waals surface area (Å²) >= 11 is 0. The molecule has 0 saturated carbocycles. The summed E-state index contributed by atoms with van der Waals surface area (Å²) in [6.07, 6.45) is 0.839. The van der Waals surface area contributed by atoms with Gasteiger partial charge in [0, 0.05) is 35.6 Å². The van der Waals surface area contributed by atoms with E-state index in [1.807, 2.05) is 31.2 Å². The summed E-state index contributed by atoms with van der Waals surface area (Å²) in [6, 6.07) is 13.9. The van der Waals surface area contributed by atoms with Gasteiger partial charge in [-0.1, -0.05) is 30.3 Å². The fraction of sp³-hybridized carbons (Fsp3) is 0.357. The van der Waals surface area contributed by atoms with Crippen LogP contribution in [0.2, 0.25) is 0 Å². The summed E-state index contributed by atoms with van der Waals surface area (Å²) in [5.41, 5.74) is 3.27. The molecule has 1 heterocycles. The third kappa shape index (κ3) is 5.15. The Balaban J connectivity index is 1.70. The van der Waals surface area contributed by atoms with Crippen molar-refractivity contribution >= 4 is 11.8 Å². The lowest BCUT2D eigenvalue weighted by Gasteiger charge is -2.36.